The first-order valence-electron chi connectivity index (χ1n) is 16.6. The number of benzene rings is 2. The van der Waals surface area contributed by atoms with E-state index >= 15 is 0 Å². The van der Waals surface area contributed by atoms with Crippen molar-refractivity contribution in [3.63, 3.8) is 0 Å². The number of hydrogen-bond acceptors (Lipinski definition) is 7. The number of nitrogens with zero attached hydrogens (tertiary/aromatic N) is 3. The molecule has 0 spiro atoms. The molecule has 0 aliphatic carbocycles. The first-order valence-corrected chi connectivity index (χ1v) is 16.6. The molecule has 10 bridgehead atoms. The molecule has 0 saturated carbocycles. The molecule has 7 nitrogen and oxygen atoms in total. The average Bonchev–Trinajstić information content (AvgIpc) is 3.11. The van der Waals surface area contributed by atoms with Gasteiger partial charge in [0.25, 0.3) is 0 Å². The minimum absolute atomic E-state index is 0.162. The molecule has 7 heteroatoms. The molecule has 5 aromatic rings. The maximum atomic E-state index is 5.96. The highest BCUT2D eigenvalue weighted by molar-refractivity contribution is 5.61. The van der Waals surface area contributed by atoms with E-state index in [2.05, 4.69) is 50.2 Å². The van der Waals surface area contributed by atoms with E-state index in [1.54, 1.807) is 0 Å². The molecule has 0 unspecified atom stereocenters. The molecule has 242 valence electrons. The molecule has 3 aromatic heterocycles. The van der Waals surface area contributed by atoms with Crippen LogP contribution in [0.2, 0.25) is 0 Å². The monoisotopic (exact) mass is 629 g/mol. The maximum absolute atomic E-state index is 5.96. The molecule has 0 amide bonds. The Morgan fingerprint density at radius 1 is 0.447 bits per heavy atom. The molecule has 47 heavy (non-hydrogen) atoms. The Morgan fingerprint density at radius 3 is 1.30 bits per heavy atom. The van der Waals surface area contributed by atoms with Gasteiger partial charge in [0.15, 0.2) is 0 Å². The summed E-state index contributed by atoms with van der Waals surface area (Å²) in [5.74, 6) is 1.68. The van der Waals surface area contributed by atoms with Crippen LogP contribution in [-0.2, 0) is 27.7 Å². The van der Waals surface area contributed by atoms with Crippen molar-refractivity contribution in [2.45, 2.75) is 44.9 Å². The van der Waals surface area contributed by atoms with Gasteiger partial charge in [-0.15, -0.1) is 0 Å². The lowest BCUT2D eigenvalue weighted by molar-refractivity contribution is 0.0984. The molecule has 0 atom stereocenters. The van der Waals surface area contributed by atoms with Gasteiger partial charge in [-0.3, -0.25) is 9.97 Å². The third kappa shape index (κ3) is 8.82. The fourth-order valence-corrected chi connectivity index (χ4v) is 5.70. The van der Waals surface area contributed by atoms with Gasteiger partial charge >= 0.3 is 0 Å². The third-order valence-electron chi connectivity index (χ3n) is 8.48. The molecule has 3 aliphatic heterocycles. The van der Waals surface area contributed by atoms with Gasteiger partial charge in [-0.2, -0.15) is 0 Å². The van der Waals surface area contributed by atoms with Crippen LogP contribution in [0.3, 0.4) is 0 Å². The van der Waals surface area contributed by atoms with Crippen molar-refractivity contribution in [2.24, 2.45) is 0 Å². The van der Waals surface area contributed by atoms with Crippen molar-refractivity contribution in [3.05, 3.63) is 126 Å². The van der Waals surface area contributed by atoms with Gasteiger partial charge in [0.05, 0.1) is 36.0 Å². The minimum atomic E-state index is -0.162. The number of aromatic nitrogens is 3. The Morgan fingerprint density at radius 2 is 0.851 bits per heavy atom. The lowest BCUT2D eigenvalue weighted by Gasteiger charge is -2.26. The van der Waals surface area contributed by atoms with Gasteiger partial charge in [-0.05, 0) is 97.5 Å². The summed E-state index contributed by atoms with van der Waals surface area (Å²) in [6, 6.07) is 34.9. The lowest BCUT2D eigenvalue weighted by atomic mass is 9.78. The molecular weight excluding hydrogens is 586 g/mol. The van der Waals surface area contributed by atoms with Crippen LogP contribution in [-0.4, -0.2) is 54.6 Å². The third-order valence-corrected chi connectivity index (χ3v) is 8.48. The van der Waals surface area contributed by atoms with Crippen LogP contribution in [0.1, 0.15) is 49.2 Å². The Balaban J connectivity index is 1.13. The van der Waals surface area contributed by atoms with Gasteiger partial charge in [-0.1, -0.05) is 56.3 Å². The summed E-state index contributed by atoms with van der Waals surface area (Å²) in [6.07, 6.45) is 3.41. The van der Waals surface area contributed by atoms with E-state index in [0.29, 0.717) is 39.6 Å². The van der Waals surface area contributed by atoms with E-state index in [4.69, 9.17) is 33.9 Å². The average molecular weight is 630 g/mol. The summed E-state index contributed by atoms with van der Waals surface area (Å²) in [4.78, 5) is 14.7. The molecule has 8 rings (SSSR count). The quantitative estimate of drug-likeness (QED) is 0.172. The Bertz CT molecular complexity index is 1600. The van der Waals surface area contributed by atoms with Crippen molar-refractivity contribution in [3.8, 4) is 34.3 Å². The zero-order valence-corrected chi connectivity index (χ0v) is 27.4. The summed E-state index contributed by atoms with van der Waals surface area (Å²) < 4.78 is 23.6. The number of fused-ring (bicyclic) bond motifs is 2. The van der Waals surface area contributed by atoms with Gasteiger partial charge in [-0.25, -0.2) is 4.98 Å². The van der Waals surface area contributed by atoms with Crippen LogP contribution < -0.4 is 9.47 Å². The van der Waals surface area contributed by atoms with E-state index in [1.165, 1.54) is 11.1 Å². The number of hydrogen-bond donors (Lipinski definition) is 0. The fourth-order valence-electron chi connectivity index (χ4n) is 5.70. The maximum Gasteiger partial charge on any atom is 0.119 e. The number of pyridine rings is 3. The van der Waals surface area contributed by atoms with Crippen molar-refractivity contribution in [1.82, 2.24) is 15.0 Å². The normalized spacial score (nSPS) is 16.2. The summed E-state index contributed by atoms with van der Waals surface area (Å²) in [6.45, 7) is 7.84. The topological polar surface area (TPSA) is 75.6 Å². The highest BCUT2D eigenvalue weighted by Crippen LogP contribution is 2.33. The van der Waals surface area contributed by atoms with Crippen LogP contribution in [0.25, 0.3) is 22.8 Å². The predicted octanol–water partition coefficient (Wildman–Crippen LogP) is 7.90. The van der Waals surface area contributed by atoms with Gasteiger partial charge in [0, 0.05) is 30.0 Å². The van der Waals surface area contributed by atoms with E-state index in [1.807, 2.05) is 66.7 Å². The summed E-state index contributed by atoms with van der Waals surface area (Å²) in [7, 11) is 0. The van der Waals surface area contributed by atoms with E-state index in [-0.39, 0.29) is 5.41 Å². The van der Waals surface area contributed by atoms with Crippen LogP contribution in [0.4, 0.5) is 0 Å². The van der Waals surface area contributed by atoms with Gasteiger partial charge < -0.3 is 18.9 Å². The molecule has 6 heterocycles. The number of ether oxygens (including phenoxy) is 4. The van der Waals surface area contributed by atoms with Crippen molar-refractivity contribution in [1.29, 1.82) is 0 Å². The van der Waals surface area contributed by atoms with Crippen LogP contribution in [0.5, 0.6) is 11.5 Å². The molecule has 2 aromatic carbocycles. The second kappa shape index (κ2) is 15.8. The molecule has 0 saturated heterocycles. The molecule has 3 aliphatic rings. The van der Waals surface area contributed by atoms with Crippen molar-refractivity contribution in [2.75, 3.05) is 39.6 Å². The Kier molecular flexibility index (Phi) is 10.9. The fraction of sp³-hybridized carbons (Fsp3) is 0.325. The van der Waals surface area contributed by atoms with Crippen molar-refractivity contribution >= 4 is 0 Å². The van der Waals surface area contributed by atoms with E-state index in [9.17, 15) is 0 Å². The van der Waals surface area contributed by atoms with Crippen molar-refractivity contribution < 1.29 is 18.9 Å². The predicted molar refractivity (Wildman–Crippen MR) is 185 cm³/mol. The molecule has 0 radical (unpaired) electrons. The summed E-state index contributed by atoms with van der Waals surface area (Å²) >= 11 is 0. The van der Waals surface area contributed by atoms with Gasteiger partial charge in [0.1, 0.15) is 24.7 Å². The highest BCUT2D eigenvalue weighted by Gasteiger charge is 2.23. The summed E-state index contributed by atoms with van der Waals surface area (Å²) in [5, 5.41) is 0. The number of rotatable bonds is 0. The number of aryl methyl sites for hydroxylation is 2. The Labute approximate surface area is 278 Å². The van der Waals surface area contributed by atoms with Crippen LogP contribution in [0, 0.1) is 0 Å². The molecule has 0 fully saturated rings. The van der Waals surface area contributed by atoms with Crippen LogP contribution in [0.15, 0.2) is 103 Å². The van der Waals surface area contributed by atoms with E-state index in [0.717, 1.165) is 71.3 Å². The van der Waals surface area contributed by atoms with Crippen LogP contribution >= 0.6 is 0 Å². The SMILES string of the molecule is CC1(C)c2ccc(cc2)OCCOCCCc2cccc(n2)-c2cccc(n2)-c2cccc(n2)CCCOCCOc2ccc1cc2. The highest BCUT2D eigenvalue weighted by atomic mass is 16.5. The second-order valence-electron chi connectivity index (χ2n) is 12.2. The second-order valence-corrected chi connectivity index (χ2v) is 12.2. The van der Waals surface area contributed by atoms with E-state index < -0.39 is 0 Å². The zero-order valence-electron chi connectivity index (χ0n) is 27.4. The summed E-state index contributed by atoms with van der Waals surface area (Å²) in [5.41, 5.74) is 7.70. The standard InChI is InChI=1S/C40H43N3O4/c1-40(2)30-16-20-34(21-17-30)46-28-26-44-24-6-10-32-8-3-12-36(41-32)38-14-5-15-39(43-38)37-13-4-9-33(42-37)11-7-25-45-27-29-47-35-22-18-31(40)19-23-35/h3-5,8-9,12-23H,6-7,10-11,24-29H2,1-2H3. The first kappa shape index (κ1) is 32.4. The molecular formula is C40H43N3O4. The largest absolute Gasteiger partial charge is 0.491 e. The molecule has 0 N–H and O–H groups in total. The minimum Gasteiger partial charge on any atom is -0.491 e. The lowest BCUT2D eigenvalue weighted by Crippen LogP contribution is -2.18. The smallest absolute Gasteiger partial charge is 0.119 e. The first-order chi connectivity index (χ1) is 23.0. The Hall–Kier alpha value is -4.59. The van der Waals surface area contributed by atoms with Gasteiger partial charge in [0.2, 0.25) is 0 Å². The zero-order chi connectivity index (χ0) is 32.3.